The van der Waals surface area contributed by atoms with Crippen LogP contribution in [0.3, 0.4) is 0 Å². The molecular weight excluding hydrogens is 422 g/mol. The smallest absolute Gasteiger partial charge is 0.328 e. The number of nitrogens with zero attached hydrogens (tertiary/aromatic N) is 4. The molecule has 0 spiro atoms. The Balaban J connectivity index is 1.44. The Kier molecular flexibility index (Phi) is 6.38. The zero-order valence-corrected chi connectivity index (χ0v) is 18.5. The van der Waals surface area contributed by atoms with E-state index in [1.807, 2.05) is 49.3 Å². The van der Waals surface area contributed by atoms with Gasteiger partial charge in [-0.25, -0.2) is 10.2 Å². The first-order valence-corrected chi connectivity index (χ1v) is 10.4. The second kappa shape index (κ2) is 9.54. The molecule has 1 atom stereocenters. The Morgan fingerprint density at radius 3 is 2.70 bits per heavy atom. The number of nitrogens with one attached hydrogen (secondary N) is 1. The van der Waals surface area contributed by atoms with Crippen LogP contribution in [0.1, 0.15) is 25.0 Å². The van der Waals surface area contributed by atoms with E-state index in [4.69, 9.17) is 14.0 Å². The first-order valence-electron chi connectivity index (χ1n) is 10.4. The van der Waals surface area contributed by atoms with E-state index in [0.717, 1.165) is 11.1 Å². The van der Waals surface area contributed by atoms with Crippen LogP contribution in [-0.4, -0.2) is 40.4 Å². The van der Waals surface area contributed by atoms with Gasteiger partial charge in [0.2, 0.25) is 5.82 Å². The molecule has 2 aromatic carbocycles. The third-order valence-electron chi connectivity index (χ3n) is 4.92. The van der Waals surface area contributed by atoms with Crippen LogP contribution in [0.5, 0.6) is 5.75 Å². The molecule has 1 N–H and O–H groups in total. The third kappa shape index (κ3) is 5.02. The number of esters is 1. The molecule has 1 unspecified atom stereocenters. The topological polar surface area (TPSA) is 114 Å². The van der Waals surface area contributed by atoms with Gasteiger partial charge in [0, 0.05) is 17.3 Å². The maximum atomic E-state index is 11.6. The van der Waals surface area contributed by atoms with Crippen LogP contribution >= 0.6 is 0 Å². The minimum atomic E-state index is -0.473. The highest BCUT2D eigenvalue weighted by Crippen LogP contribution is 2.28. The normalized spacial score (nSPS) is 15.0. The summed E-state index contributed by atoms with van der Waals surface area (Å²) in [5.74, 6) is 0.956. The summed E-state index contributed by atoms with van der Waals surface area (Å²) in [5.41, 5.74) is 5.94. The highest BCUT2D eigenvalue weighted by atomic mass is 16.5. The fourth-order valence-corrected chi connectivity index (χ4v) is 3.33. The van der Waals surface area contributed by atoms with Gasteiger partial charge < -0.3 is 19.0 Å². The van der Waals surface area contributed by atoms with Crippen molar-refractivity contribution in [2.75, 3.05) is 7.11 Å². The van der Waals surface area contributed by atoms with Crippen LogP contribution in [0.15, 0.2) is 59.3 Å². The molecule has 0 fully saturated rings. The summed E-state index contributed by atoms with van der Waals surface area (Å²) in [6.07, 6.45) is 3.53. The van der Waals surface area contributed by atoms with Gasteiger partial charge in [0.1, 0.15) is 17.9 Å². The number of nitriles is 1. The fraction of sp³-hybridized carbons (Fsp3) is 0.250. The number of benzene rings is 2. The number of aromatic nitrogens is 2. The van der Waals surface area contributed by atoms with E-state index in [9.17, 15) is 10.1 Å². The number of rotatable bonds is 7. The van der Waals surface area contributed by atoms with Gasteiger partial charge in [0.15, 0.2) is 0 Å². The summed E-state index contributed by atoms with van der Waals surface area (Å²) < 4.78 is 15.8. The summed E-state index contributed by atoms with van der Waals surface area (Å²) in [5, 5.41) is 15.3. The van der Waals surface area contributed by atoms with Crippen LogP contribution in [0, 0.1) is 11.3 Å². The lowest BCUT2D eigenvalue weighted by Gasteiger charge is -2.18. The average Bonchev–Trinajstić information content (AvgIpc) is 3.49. The molecule has 0 radical (unpaired) electrons. The Morgan fingerprint density at radius 1 is 1.24 bits per heavy atom. The van der Waals surface area contributed by atoms with E-state index in [0.29, 0.717) is 35.1 Å². The van der Waals surface area contributed by atoms with Gasteiger partial charge in [-0.15, -0.1) is 0 Å². The lowest BCUT2D eigenvalue weighted by Crippen LogP contribution is -2.40. The molecule has 0 bridgehead atoms. The third-order valence-corrected chi connectivity index (χ3v) is 4.92. The number of ether oxygens (including phenoxy) is 2. The average molecular weight is 445 g/mol. The van der Waals surface area contributed by atoms with Crippen molar-refractivity contribution in [1.29, 1.82) is 5.26 Å². The molecule has 1 aliphatic heterocycles. The molecule has 4 rings (SSSR count). The molecule has 3 aromatic rings. The standard InChI is InChI=1S/C24H23N5O4/c1-15(2)32-21-9-8-18(12-19(21)13-25)23-26-22(28-33-23)17-6-4-16(5-7-17)14-29-11-10-20(27-29)24(30)31-3/h4-12,15,20,27H,14H2,1-3H3. The maximum Gasteiger partial charge on any atom is 0.328 e. The predicted octanol–water partition coefficient (Wildman–Crippen LogP) is 3.44. The molecule has 33 heavy (non-hydrogen) atoms. The quantitative estimate of drug-likeness (QED) is 0.546. The lowest BCUT2D eigenvalue weighted by molar-refractivity contribution is -0.142. The van der Waals surface area contributed by atoms with Gasteiger partial charge >= 0.3 is 5.97 Å². The van der Waals surface area contributed by atoms with E-state index < -0.39 is 6.04 Å². The maximum absolute atomic E-state index is 11.6. The second-order valence-corrected chi connectivity index (χ2v) is 7.71. The van der Waals surface area contributed by atoms with Crippen molar-refractivity contribution in [1.82, 2.24) is 20.6 Å². The summed E-state index contributed by atoms with van der Waals surface area (Å²) in [4.78, 5) is 16.1. The van der Waals surface area contributed by atoms with Crippen molar-refractivity contribution < 1.29 is 18.8 Å². The molecule has 0 aliphatic carbocycles. The zero-order chi connectivity index (χ0) is 23.4. The van der Waals surface area contributed by atoms with E-state index in [1.54, 1.807) is 24.3 Å². The lowest BCUT2D eigenvalue weighted by atomic mass is 10.1. The van der Waals surface area contributed by atoms with Gasteiger partial charge in [0.05, 0.1) is 25.3 Å². The summed E-state index contributed by atoms with van der Waals surface area (Å²) in [6, 6.07) is 14.6. The largest absolute Gasteiger partial charge is 0.490 e. The number of hydrogen-bond acceptors (Lipinski definition) is 9. The molecule has 1 aliphatic rings. The number of carbonyl (C=O) groups excluding carboxylic acids is 1. The van der Waals surface area contributed by atoms with Gasteiger partial charge in [0.25, 0.3) is 5.89 Å². The highest BCUT2D eigenvalue weighted by molar-refractivity contribution is 5.78. The molecule has 0 saturated heterocycles. The van der Waals surface area contributed by atoms with Crippen LogP contribution in [0.25, 0.3) is 22.8 Å². The van der Waals surface area contributed by atoms with Crippen LogP contribution < -0.4 is 10.2 Å². The van der Waals surface area contributed by atoms with E-state index in [1.165, 1.54) is 7.11 Å². The Bertz CT molecular complexity index is 1210. The van der Waals surface area contributed by atoms with Gasteiger partial charge in [-0.05, 0) is 43.7 Å². The van der Waals surface area contributed by atoms with Crippen molar-refractivity contribution >= 4 is 5.97 Å². The zero-order valence-electron chi connectivity index (χ0n) is 18.5. The first-order chi connectivity index (χ1) is 16.0. The molecule has 0 saturated carbocycles. The van der Waals surface area contributed by atoms with Gasteiger partial charge in [-0.1, -0.05) is 29.4 Å². The summed E-state index contributed by atoms with van der Waals surface area (Å²) in [7, 11) is 1.36. The highest BCUT2D eigenvalue weighted by Gasteiger charge is 2.22. The summed E-state index contributed by atoms with van der Waals surface area (Å²) in [6.45, 7) is 4.38. The van der Waals surface area contributed by atoms with E-state index >= 15 is 0 Å². The number of hydrazine groups is 1. The molecule has 2 heterocycles. The summed E-state index contributed by atoms with van der Waals surface area (Å²) >= 11 is 0. The van der Waals surface area contributed by atoms with Crippen molar-refractivity contribution in [3.8, 4) is 34.7 Å². The minimum Gasteiger partial charge on any atom is -0.490 e. The molecule has 168 valence electrons. The molecule has 0 amide bonds. The van der Waals surface area contributed by atoms with Crippen LogP contribution in [0.4, 0.5) is 0 Å². The fourth-order valence-electron chi connectivity index (χ4n) is 3.33. The molecule has 9 nitrogen and oxygen atoms in total. The van der Waals surface area contributed by atoms with E-state index in [2.05, 4.69) is 21.6 Å². The van der Waals surface area contributed by atoms with Crippen LogP contribution in [-0.2, 0) is 16.1 Å². The SMILES string of the molecule is COC(=O)C1C=CN(Cc2ccc(-c3noc(-c4ccc(OC(C)C)c(C#N)c4)n3)cc2)N1. The second-order valence-electron chi connectivity index (χ2n) is 7.71. The number of hydrogen-bond donors (Lipinski definition) is 1. The predicted molar refractivity (Wildman–Crippen MR) is 119 cm³/mol. The molecule has 1 aromatic heterocycles. The van der Waals surface area contributed by atoms with Crippen molar-refractivity contribution in [3.63, 3.8) is 0 Å². The van der Waals surface area contributed by atoms with Crippen molar-refractivity contribution in [3.05, 3.63) is 65.9 Å². The molecular formula is C24H23N5O4. The Hall–Kier alpha value is -4.16. The molecule has 9 heteroatoms. The van der Waals surface area contributed by atoms with E-state index in [-0.39, 0.29) is 12.1 Å². The first kappa shape index (κ1) is 22.0. The monoisotopic (exact) mass is 445 g/mol. The van der Waals surface area contributed by atoms with Crippen molar-refractivity contribution in [2.45, 2.75) is 32.5 Å². The number of carbonyl (C=O) groups is 1. The van der Waals surface area contributed by atoms with Gasteiger partial charge in [-0.3, -0.25) is 0 Å². The Labute approximate surface area is 191 Å². The van der Waals surface area contributed by atoms with Crippen molar-refractivity contribution in [2.24, 2.45) is 0 Å². The Morgan fingerprint density at radius 2 is 2.00 bits per heavy atom. The minimum absolute atomic E-state index is 0.0347. The van der Waals surface area contributed by atoms with Gasteiger partial charge in [-0.2, -0.15) is 10.2 Å². The van der Waals surface area contributed by atoms with Crippen LogP contribution in [0.2, 0.25) is 0 Å². The number of methoxy groups -OCH3 is 1.